The Bertz CT molecular complexity index is 531. The fourth-order valence-electron chi connectivity index (χ4n) is 1.19. The predicted molar refractivity (Wildman–Crippen MR) is 44.3 cm³/mol. The molecule has 0 aromatic carbocycles. The first-order valence-corrected chi connectivity index (χ1v) is 3.49. The Morgan fingerprint density at radius 2 is 1.92 bits per heavy atom. The van der Waals surface area contributed by atoms with E-state index >= 15 is 0 Å². The van der Waals surface area contributed by atoms with Gasteiger partial charge < -0.3 is 9.97 Å². The number of aromatic nitrogens is 3. The van der Waals surface area contributed by atoms with Gasteiger partial charge in [0, 0.05) is 5.69 Å². The molecule has 0 bridgehead atoms. The van der Waals surface area contributed by atoms with Gasteiger partial charge >= 0.3 is 5.69 Å². The van der Waals surface area contributed by atoms with Crippen LogP contribution in [0.1, 0.15) is 5.69 Å². The summed E-state index contributed by atoms with van der Waals surface area (Å²) < 4.78 is 0. The number of nitrogens with one attached hydrogen (secondary N) is 3. The average molecular weight is 165 g/mol. The second-order valence-corrected chi connectivity index (χ2v) is 2.65. The van der Waals surface area contributed by atoms with E-state index in [0.29, 0.717) is 11.0 Å². The van der Waals surface area contributed by atoms with Gasteiger partial charge in [-0.3, -0.25) is 9.78 Å². The van der Waals surface area contributed by atoms with Crippen molar-refractivity contribution in [2.24, 2.45) is 0 Å². The predicted octanol–water partition coefficient (Wildman–Crippen LogP) is -0.147. The van der Waals surface area contributed by atoms with Crippen LogP contribution in [0.5, 0.6) is 0 Å². The van der Waals surface area contributed by atoms with Gasteiger partial charge in [0.1, 0.15) is 5.52 Å². The molecule has 0 spiro atoms. The van der Waals surface area contributed by atoms with E-state index in [1.54, 1.807) is 6.07 Å². The number of rotatable bonds is 0. The van der Waals surface area contributed by atoms with E-state index < -0.39 is 5.69 Å². The maximum absolute atomic E-state index is 11.1. The van der Waals surface area contributed by atoms with E-state index in [2.05, 4.69) is 15.0 Å². The van der Waals surface area contributed by atoms with Gasteiger partial charge in [-0.25, -0.2) is 4.79 Å². The zero-order valence-electron chi connectivity index (χ0n) is 6.39. The molecule has 2 aromatic rings. The van der Waals surface area contributed by atoms with Crippen LogP contribution in [0.4, 0.5) is 0 Å². The van der Waals surface area contributed by atoms with Crippen LogP contribution in [0.3, 0.4) is 0 Å². The zero-order valence-corrected chi connectivity index (χ0v) is 6.39. The lowest BCUT2D eigenvalue weighted by Crippen LogP contribution is -2.21. The molecule has 0 aliphatic heterocycles. The van der Waals surface area contributed by atoms with Crippen molar-refractivity contribution in [3.63, 3.8) is 0 Å². The summed E-state index contributed by atoms with van der Waals surface area (Å²) in [6.07, 6.45) is 0. The van der Waals surface area contributed by atoms with Crippen LogP contribution in [-0.4, -0.2) is 15.0 Å². The van der Waals surface area contributed by atoms with Crippen LogP contribution in [0.15, 0.2) is 15.7 Å². The highest BCUT2D eigenvalue weighted by molar-refractivity contribution is 5.74. The van der Waals surface area contributed by atoms with Crippen molar-refractivity contribution in [3.05, 3.63) is 32.6 Å². The topological polar surface area (TPSA) is 81.5 Å². The Kier molecular flexibility index (Phi) is 1.21. The highest BCUT2D eigenvalue weighted by Crippen LogP contribution is 2.04. The van der Waals surface area contributed by atoms with Gasteiger partial charge in [-0.1, -0.05) is 0 Å². The monoisotopic (exact) mass is 165 g/mol. The van der Waals surface area contributed by atoms with Crippen LogP contribution in [0, 0.1) is 6.92 Å². The highest BCUT2D eigenvalue weighted by Gasteiger charge is 2.01. The molecule has 0 atom stereocenters. The summed E-state index contributed by atoms with van der Waals surface area (Å²) in [4.78, 5) is 29.4. The third-order valence-electron chi connectivity index (χ3n) is 1.65. The molecule has 0 radical (unpaired) electrons. The van der Waals surface area contributed by atoms with E-state index in [0.717, 1.165) is 5.69 Å². The van der Waals surface area contributed by atoms with Crippen LogP contribution < -0.4 is 11.2 Å². The molecule has 2 heterocycles. The maximum atomic E-state index is 11.1. The normalized spacial score (nSPS) is 10.8. The van der Waals surface area contributed by atoms with Crippen LogP contribution in [-0.2, 0) is 0 Å². The third kappa shape index (κ3) is 0.868. The minimum atomic E-state index is -0.480. The van der Waals surface area contributed by atoms with Crippen LogP contribution >= 0.6 is 0 Å². The summed E-state index contributed by atoms with van der Waals surface area (Å²) in [6.45, 7) is 1.82. The fourth-order valence-corrected chi connectivity index (χ4v) is 1.19. The maximum Gasteiger partial charge on any atom is 0.326 e. The largest absolute Gasteiger partial charge is 0.353 e. The lowest BCUT2D eigenvalue weighted by molar-refractivity contribution is 1.08. The van der Waals surface area contributed by atoms with Crippen molar-refractivity contribution in [2.75, 3.05) is 0 Å². The minimum Gasteiger partial charge on any atom is -0.353 e. The number of hydrogen-bond donors (Lipinski definition) is 3. The minimum absolute atomic E-state index is 0.387. The van der Waals surface area contributed by atoms with Gasteiger partial charge in [0.05, 0.1) is 5.52 Å². The molecule has 0 unspecified atom stereocenters. The van der Waals surface area contributed by atoms with Gasteiger partial charge in [-0.2, -0.15) is 0 Å². The van der Waals surface area contributed by atoms with Crippen molar-refractivity contribution in [3.8, 4) is 0 Å². The number of aryl methyl sites for hydroxylation is 1. The summed E-state index contributed by atoms with van der Waals surface area (Å²) >= 11 is 0. The molecule has 12 heavy (non-hydrogen) atoms. The second kappa shape index (κ2) is 2.10. The standard InChI is InChI=1S/C7H7N3O2/c1-3-2-4-5(8-3)6(11)10-7(12)9-4/h2,8H,1H3,(H2,9,10,11,12). The molecule has 0 saturated carbocycles. The lowest BCUT2D eigenvalue weighted by Gasteiger charge is -1.85. The van der Waals surface area contributed by atoms with E-state index in [4.69, 9.17) is 0 Å². The summed E-state index contributed by atoms with van der Waals surface area (Å²) in [7, 11) is 0. The molecular weight excluding hydrogens is 158 g/mol. The van der Waals surface area contributed by atoms with Gasteiger partial charge in [-0.05, 0) is 13.0 Å². The van der Waals surface area contributed by atoms with E-state index in [9.17, 15) is 9.59 Å². The molecule has 2 rings (SSSR count). The molecule has 0 saturated heterocycles. The van der Waals surface area contributed by atoms with E-state index in [-0.39, 0.29) is 5.56 Å². The number of fused-ring (bicyclic) bond motifs is 1. The third-order valence-corrected chi connectivity index (χ3v) is 1.65. The van der Waals surface area contributed by atoms with Gasteiger partial charge in [-0.15, -0.1) is 0 Å². The number of aromatic amines is 3. The Hall–Kier alpha value is -1.78. The first kappa shape index (κ1) is 6.90. The molecule has 0 amide bonds. The number of hydrogen-bond acceptors (Lipinski definition) is 2. The summed E-state index contributed by atoms with van der Waals surface area (Å²) in [5.74, 6) is 0. The van der Waals surface area contributed by atoms with Crippen molar-refractivity contribution < 1.29 is 0 Å². The molecule has 0 fully saturated rings. The van der Waals surface area contributed by atoms with Crippen molar-refractivity contribution in [1.29, 1.82) is 0 Å². The first-order chi connectivity index (χ1) is 5.66. The van der Waals surface area contributed by atoms with Gasteiger partial charge in [0.15, 0.2) is 0 Å². The quantitative estimate of drug-likeness (QED) is 0.507. The molecule has 0 aliphatic carbocycles. The van der Waals surface area contributed by atoms with Crippen LogP contribution in [0.2, 0.25) is 0 Å². The smallest absolute Gasteiger partial charge is 0.326 e. The van der Waals surface area contributed by atoms with Crippen molar-refractivity contribution >= 4 is 11.0 Å². The molecule has 5 heteroatoms. The van der Waals surface area contributed by atoms with Gasteiger partial charge in [0.2, 0.25) is 0 Å². The van der Waals surface area contributed by atoms with Crippen LogP contribution in [0.25, 0.3) is 11.0 Å². The van der Waals surface area contributed by atoms with E-state index in [1.165, 1.54) is 0 Å². The van der Waals surface area contributed by atoms with Crippen molar-refractivity contribution in [2.45, 2.75) is 6.92 Å². The molecule has 5 nitrogen and oxygen atoms in total. The highest BCUT2D eigenvalue weighted by atomic mass is 16.2. The van der Waals surface area contributed by atoms with E-state index in [1.807, 2.05) is 6.92 Å². The Morgan fingerprint density at radius 1 is 1.17 bits per heavy atom. The summed E-state index contributed by atoms with van der Waals surface area (Å²) in [5.41, 5.74) is 0.930. The molecular formula is C7H7N3O2. The Morgan fingerprint density at radius 3 is 2.67 bits per heavy atom. The Labute approximate surface area is 66.4 Å². The second-order valence-electron chi connectivity index (χ2n) is 2.65. The average Bonchev–Trinajstić information content (AvgIpc) is 2.29. The Balaban J connectivity index is 3.08. The lowest BCUT2D eigenvalue weighted by atomic mass is 10.4. The first-order valence-electron chi connectivity index (χ1n) is 3.49. The molecule has 3 N–H and O–H groups in total. The molecule has 2 aromatic heterocycles. The fraction of sp³-hybridized carbons (Fsp3) is 0.143. The molecule has 62 valence electrons. The number of H-pyrrole nitrogens is 3. The summed E-state index contributed by atoms with van der Waals surface area (Å²) in [5, 5.41) is 0. The summed E-state index contributed by atoms with van der Waals surface area (Å²) in [6, 6.07) is 1.71. The molecule has 0 aliphatic rings. The zero-order chi connectivity index (χ0) is 8.72. The van der Waals surface area contributed by atoms with Gasteiger partial charge in [0.25, 0.3) is 5.56 Å². The van der Waals surface area contributed by atoms with Crippen molar-refractivity contribution in [1.82, 2.24) is 15.0 Å². The SMILES string of the molecule is Cc1cc2[nH]c(=O)[nH]c(=O)c2[nH]1.